The highest BCUT2D eigenvalue weighted by Crippen LogP contribution is 2.31. The van der Waals surface area contributed by atoms with Crippen molar-refractivity contribution < 1.29 is 14.3 Å². The molecule has 0 aliphatic carbocycles. The first kappa shape index (κ1) is 22.4. The normalized spacial score (nSPS) is 18.5. The van der Waals surface area contributed by atoms with Gasteiger partial charge in [0.2, 0.25) is 5.91 Å². The number of methoxy groups -OCH3 is 1. The van der Waals surface area contributed by atoms with Crippen molar-refractivity contribution in [3.05, 3.63) is 54.1 Å². The van der Waals surface area contributed by atoms with Gasteiger partial charge >= 0.3 is 0 Å². The first-order chi connectivity index (χ1) is 15.5. The highest BCUT2D eigenvalue weighted by molar-refractivity contribution is 8.00. The zero-order chi connectivity index (χ0) is 22.5. The predicted molar refractivity (Wildman–Crippen MR) is 127 cm³/mol. The van der Waals surface area contributed by atoms with Crippen LogP contribution in [0.2, 0.25) is 0 Å². The summed E-state index contributed by atoms with van der Waals surface area (Å²) < 4.78 is 11.2. The lowest BCUT2D eigenvalue weighted by Gasteiger charge is -2.36. The Morgan fingerprint density at radius 3 is 2.47 bits per heavy atom. The molecule has 2 atom stereocenters. The Hall–Kier alpha value is -2.84. The van der Waals surface area contributed by atoms with Gasteiger partial charge < -0.3 is 19.7 Å². The van der Waals surface area contributed by atoms with Gasteiger partial charge in [-0.1, -0.05) is 42.1 Å². The van der Waals surface area contributed by atoms with E-state index in [2.05, 4.69) is 24.1 Å². The molecule has 0 unspecified atom stereocenters. The Morgan fingerprint density at radius 1 is 1.09 bits per heavy atom. The number of fused-ring (bicyclic) bond motifs is 1. The van der Waals surface area contributed by atoms with E-state index in [1.807, 2.05) is 48.5 Å². The molecule has 0 saturated carbocycles. The third-order valence-electron chi connectivity index (χ3n) is 5.25. The molecule has 7 nitrogen and oxygen atoms in total. The van der Waals surface area contributed by atoms with Crippen LogP contribution in [-0.4, -0.2) is 54.0 Å². The van der Waals surface area contributed by atoms with Crippen LogP contribution in [0.3, 0.4) is 0 Å². The number of carbonyl (C=O) groups excluding carboxylic acids is 1. The van der Waals surface area contributed by atoms with E-state index in [1.54, 1.807) is 7.11 Å². The maximum Gasteiger partial charge on any atom is 0.230 e. The molecule has 2 aromatic carbocycles. The molecular weight excluding hydrogens is 424 g/mol. The van der Waals surface area contributed by atoms with E-state index < -0.39 is 0 Å². The number of nitrogens with zero attached hydrogens (tertiary/aromatic N) is 3. The van der Waals surface area contributed by atoms with E-state index in [4.69, 9.17) is 19.4 Å². The minimum Gasteiger partial charge on any atom is -0.496 e. The van der Waals surface area contributed by atoms with E-state index in [-0.39, 0.29) is 23.9 Å². The number of hydrogen-bond acceptors (Lipinski definition) is 7. The van der Waals surface area contributed by atoms with E-state index in [0.29, 0.717) is 6.54 Å². The third-order valence-corrected chi connectivity index (χ3v) is 6.20. The van der Waals surface area contributed by atoms with E-state index in [0.717, 1.165) is 46.3 Å². The molecule has 0 bridgehead atoms. The van der Waals surface area contributed by atoms with Crippen molar-refractivity contribution in [1.29, 1.82) is 0 Å². The maximum absolute atomic E-state index is 12.6. The van der Waals surface area contributed by atoms with Crippen LogP contribution in [-0.2, 0) is 16.1 Å². The van der Waals surface area contributed by atoms with Crippen molar-refractivity contribution in [3.8, 4) is 5.75 Å². The summed E-state index contributed by atoms with van der Waals surface area (Å²) in [6, 6.07) is 15.5. The van der Waals surface area contributed by atoms with Crippen molar-refractivity contribution in [2.75, 3.05) is 30.9 Å². The lowest BCUT2D eigenvalue weighted by molar-refractivity contribution is -0.118. The number of morpholine rings is 1. The van der Waals surface area contributed by atoms with E-state index in [9.17, 15) is 4.79 Å². The van der Waals surface area contributed by atoms with Crippen LogP contribution in [0.25, 0.3) is 11.0 Å². The van der Waals surface area contributed by atoms with Crippen LogP contribution < -0.4 is 15.0 Å². The first-order valence-corrected chi connectivity index (χ1v) is 11.7. The molecule has 32 heavy (non-hydrogen) atoms. The van der Waals surface area contributed by atoms with Gasteiger partial charge in [0.15, 0.2) is 5.82 Å². The molecule has 1 aliphatic heterocycles. The third kappa shape index (κ3) is 5.31. The zero-order valence-electron chi connectivity index (χ0n) is 18.6. The van der Waals surface area contributed by atoms with Crippen molar-refractivity contribution in [3.63, 3.8) is 0 Å². The van der Waals surface area contributed by atoms with Gasteiger partial charge in [0.25, 0.3) is 0 Å². The highest BCUT2D eigenvalue weighted by atomic mass is 32.2. The molecule has 0 spiro atoms. The number of para-hydroxylation sites is 3. The van der Waals surface area contributed by atoms with Crippen LogP contribution in [0.4, 0.5) is 5.82 Å². The second-order valence-corrected chi connectivity index (χ2v) is 8.84. The minimum atomic E-state index is -0.0643. The van der Waals surface area contributed by atoms with Gasteiger partial charge in [-0.3, -0.25) is 4.79 Å². The van der Waals surface area contributed by atoms with Crippen molar-refractivity contribution in [2.45, 2.75) is 37.6 Å². The van der Waals surface area contributed by atoms with Crippen LogP contribution in [0.1, 0.15) is 19.4 Å². The number of rotatable bonds is 7. The molecule has 3 aromatic rings. The Morgan fingerprint density at radius 2 is 1.75 bits per heavy atom. The van der Waals surface area contributed by atoms with Crippen molar-refractivity contribution in [2.24, 2.45) is 0 Å². The monoisotopic (exact) mass is 452 g/mol. The molecule has 1 amide bonds. The van der Waals surface area contributed by atoms with Crippen molar-refractivity contribution in [1.82, 2.24) is 15.3 Å². The SMILES string of the molecule is COc1ccccc1CNC(=O)CSc1nc2ccccc2nc1N1C[C@@H](C)O[C@@H](C)C1. The summed E-state index contributed by atoms with van der Waals surface area (Å²) in [6.07, 6.45) is 0.211. The van der Waals surface area contributed by atoms with Gasteiger partial charge in [-0.2, -0.15) is 0 Å². The van der Waals surface area contributed by atoms with Gasteiger partial charge in [-0.05, 0) is 32.0 Å². The lowest BCUT2D eigenvalue weighted by atomic mass is 10.2. The molecule has 1 fully saturated rings. The lowest BCUT2D eigenvalue weighted by Crippen LogP contribution is -2.46. The largest absolute Gasteiger partial charge is 0.496 e. The predicted octanol–water partition coefficient (Wildman–Crippen LogP) is 3.66. The van der Waals surface area contributed by atoms with Crippen LogP contribution in [0.15, 0.2) is 53.6 Å². The van der Waals surface area contributed by atoms with Gasteiger partial charge in [0.05, 0.1) is 36.1 Å². The minimum absolute atomic E-state index is 0.0643. The summed E-state index contributed by atoms with van der Waals surface area (Å²) >= 11 is 1.41. The average Bonchev–Trinajstić information content (AvgIpc) is 2.80. The smallest absolute Gasteiger partial charge is 0.230 e. The molecule has 1 N–H and O–H groups in total. The maximum atomic E-state index is 12.6. The first-order valence-electron chi connectivity index (χ1n) is 10.7. The van der Waals surface area contributed by atoms with Crippen molar-refractivity contribution >= 4 is 34.5 Å². The van der Waals surface area contributed by atoms with Crippen LogP contribution in [0.5, 0.6) is 5.75 Å². The number of aromatic nitrogens is 2. The summed E-state index contributed by atoms with van der Waals surface area (Å²) in [4.78, 5) is 24.5. The fourth-order valence-electron chi connectivity index (χ4n) is 3.86. The molecule has 1 aliphatic rings. The van der Waals surface area contributed by atoms with Crippen LogP contribution in [0, 0.1) is 0 Å². The number of anilines is 1. The van der Waals surface area contributed by atoms with Gasteiger partial charge in [0.1, 0.15) is 10.8 Å². The summed E-state index contributed by atoms with van der Waals surface area (Å²) in [5.41, 5.74) is 2.61. The molecular formula is C24H28N4O3S. The molecule has 1 saturated heterocycles. The number of ether oxygens (including phenoxy) is 2. The topological polar surface area (TPSA) is 76.6 Å². The molecule has 1 aromatic heterocycles. The molecule has 2 heterocycles. The van der Waals surface area contributed by atoms with E-state index in [1.165, 1.54) is 11.8 Å². The number of benzene rings is 2. The molecule has 0 radical (unpaired) electrons. The van der Waals surface area contributed by atoms with Gasteiger partial charge in [0, 0.05) is 25.2 Å². The number of carbonyl (C=O) groups is 1. The number of thioether (sulfide) groups is 1. The average molecular weight is 453 g/mol. The number of nitrogens with one attached hydrogen (secondary N) is 1. The van der Waals surface area contributed by atoms with Gasteiger partial charge in [-0.15, -0.1) is 0 Å². The van der Waals surface area contributed by atoms with Gasteiger partial charge in [-0.25, -0.2) is 9.97 Å². The standard InChI is InChI=1S/C24H28N4O3S/c1-16-13-28(14-17(2)31-16)23-24(27-20-10-6-5-9-19(20)26-23)32-15-22(29)25-12-18-8-4-7-11-21(18)30-3/h4-11,16-17H,12-15H2,1-3H3,(H,25,29)/t16-,17+. The quantitative estimate of drug-likeness (QED) is 0.548. The second kappa shape index (κ2) is 10.2. The molecule has 168 valence electrons. The molecule has 4 rings (SSSR count). The molecule has 8 heteroatoms. The Bertz CT molecular complexity index is 1080. The Labute approximate surface area is 192 Å². The number of amides is 1. The fourth-order valence-corrected chi connectivity index (χ4v) is 4.69. The Balaban J connectivity index is 1.49. The van der Waals surface area contributed by atoms with Crippen LogP contribution >= 0.6 is 11.8 Å². The zero-order valence-corrected chi connectivity index (χ0v) is 19.4. The number of hydrogen-bond donors (Lipinski definition) is 1. The second-order valence-electron chi connectivity index (χ2n) is 7.88. The summed E-state index contributed by atoms with van der Waals surface area (Å²) in [5.74, 6) is 1.77. The summed E-state index contributed by atoms with van der Waals surface area (Å²) in [7, 11) is 1.63. The summed E-state index contributed by atoms with van der Waals surface area (Å²) in [5, 5.41) is 3.73. The summed E-state index contributed by atoms with van der Waals surface area (Å²) in [6.45, 7) is 6.03. The highest BCUT2D eigenvalue weighted by Gasteiger charge is 2.26. The Kier molecular flexibility index (Phi) is 7.12. The van der Waals surface area contributed by atoms with E-state index >= 15 is 0 Å². The fraction of sp³-hybridized carbons (Fsp3) is 0.375.